The Hall–Kier alpha value is -1.11. The lowest BCUT2D eigenvalue weighted by Gasteiger charge is -2.24. The normalized spacial score (nSPS) is 19.2. The van der Waals surface area contributed by atoms with Gasteiger partial charge in [0.15, 0.2) is 0 Å². The number of carboxylic acid groups (broad SMARTS) is 1. The maximum absolute atomic E-state index is 12.1. The average molecular weight is 317 g/mol. The maximum Gasteiger partial charge on any atom is 0.320 e. The van der Waals surface area contributed by atoms with Gasteiger partial charge in [-0.2, -0.15) is 0 Å². The molecule has 20 heavy (non-hydrogen) atoms. The first-order valence-electron chi connectivity index (χ1n) is 6.42. The minimum absolute atomic E-state index is 0.0670. The molecule has 1 saturated heterocycles. The van der Waals surface area contributed by atoms with E-state index in [1.807, 2.05) is 6.07 Å². The quantitative estimate of drug-likeness (QED) is 0.901. The van der Waals surface area contributed by atoms with E-state index >= 15 is 0 Å². The number of likely N-dealkylation sites (N-methyl/N-ethyl adjacent to an activating group) is 1. The van der Waals surface area contributed by atoms with E-state index in [1.165, 1.54) is 11.3 Å². The monoisotopic (exact) mass is 316 g/mol. The number of rotatable bonds is 5. The number of carbonyl (C=O) groups is 2. The number of nitrogens with zero attached hydrogens (tertiary/aromatic N) is 2. The number of thiophene rings is 1. The van der Waals surface area contributed by atoms with Crippen LogP contribution in [0, 0.1) is 0 Å². The minimum atomic E-state index is -0.844. The van der Waals surface area contributed by atoms with Crippen LogP contribution in [0.15, 0.2) is 12.1 Å². The SMILES string of the molecule is CN(Cc1ccc(Cl)s1)C(=O)CN1CCCC1C(=O)O. The highest BCUT2D eigenvalue weighted by molar-refractivity contribution is 7.16. The molecule has 0 saturated carbocycles. The van der Waals surface area contributed by atoms with Gasteiger partial charge in [0.1, 0.15) is 6.04 Å². The van der Waals surface area contributed by atoms with Gasteiger partial charge >= 0.3 is 5.97 Å². The lowest BCUT2D eigenvalue weighted by molar-refractivity contribution is -0.143. The second-order valence-corrected chi connectivity index (χ2v) is 6.72. The van der Waals surface area contributed by atoms with E-state index in [2.05, 4.69) is 0 Å². The molecule has 2 rings (SSSR count). The zero-order chi connectivity index (χ0) is 14.7. The average Bonchev–Trinajstić information content (AvgIpc) is 2.98. The Balaban J connectivity index is 1.89. The van der Waals surface area contributed by atoms with Crippen LogP contribution in [0.5, 0.6) is 0 Å². The van der Waals surface area contributed by atoms with Crippen LogP contribution >= 0.6 is 22.9 Å². The van der Waals surface area contributed by atoms with Gasteiger partial charge in [-0.1, -0.05) is 11.6 Å². The largest absolute Gasteiger partial charge is 0.480 e. The van der Waals surface area contributed by atoms with Crippen LogP contribution in [0.4, 0.5) is 0 Å². The molecule has 1 aliphatic heterocycles. The maximum atomic E-state index is 12.1. The van der Waals surface area contributed by atoms with E-state index in [-0.39, 0.29) is 12.5 Å². The van der Waals surface area contributed by atoms with Crippen molar-refractivity contribution in [2.75, 3.05) is 20.1 Å². The number of halogens is 1. The van der Waals surface area contributed by atoms with Crippen LogP contribution in [-0.4, -0.2) is 53.0 Å². The third-order valence-corrected chi connectivity index (χ3v) is 4.65. The summed E-state index contributed by atoms with van der Waals surface area (Å²) in [6, 6.07) is 3.18. The molecule has 1 unspecified atom stereocenters. The third kappa shape index (κ3) is 3.71. The van der Waals surface area contributed by atoms with Crippen LogP contribution < -0.4 is 0 Å². The number of hydrogen-bond donors (Lipinski definition) is 1. The molecule has 0 bridgehead atoms. The highest BCUT2D eigenvalue weighted by Gasteiger charge is 2.32. The third-order valence-electron chi connectivity index (χ3n) is 3.43. The Morgan fingerprint density at radius 2 is 2.30 bits per heavy atom. The van der Waals surface area contributed by atoms with Gasteiger partial charge in [-0.15, -0.1) is 11.3 Å². The number of amides is 1. The van der Waals surface area contributed by atoms with Gasteiger partial charge in [0.2, 0.25) is 5.91 Å². The molecule has 1 aromatic heterocycles. The molecular formula is C13H17ClN2O3S. The summed E-state index contributed by atoms with van der Waals surface area (Å²) in [5.41, 5.74) is 0. The zero-order valence-corrected chi connectivity index (χ0v) is 12.8. The van der Waals surface area contributed by atoms with Gasteiger partial charge in [-0.3, -0.25) is 14.5 Å². The van der Waals surface area contributed by atoms with E-state index in [0.29, 0.717) is 23.8 Å². The summed E-state index contributed by atoms with van der Waals surface area (Å²) in [4.78, 5) is 27.6. The standard InChI is InChI=1S/C13H17ClN2O3S/c1-15(7-9-4-5-11(14)20-9)12(17)8-16-6-2-3-10(16)13(18)19/h4-5,10H,2-3,6-8H2,1H3,(H,18,19). The zero-order valence-electron chi connectivity index (χ0n) is 11.2. The van der Waals surface area contributed by atoms with Gasteiger partial charge in [0, 0.05) is 11.9 Å². The van der Waals surface area contributed by atoms with Crippen molar-refractivity contribution in [3.8, 4) is 0 Å². The van der Waals surface area contributed by atoms with Gasteiger partial charge < -0.3 is 10.0 Å². The van der Waals surface area contributed by atoms with Crippen LogP contribution in [0.2, 0.25) is 4.34 Å². The Morgan fingerprint density at radius 3 is 2.90 bits per heavy atom. The summed E-state index contributed by atoms with van der Waals surface area (Å²) in [6.45, 7) is 1.33. The molecule has 0 radical (unpaired) electrons. The fourth-order valence-corrected chi connectivity index (χ4v) is 3.49. The number of likely N-dealkylation sites (tertiary alicyclic amines) is 1. The van der Waals surface area contributed by atoms with Crippen molar-refractivity contribution in [1.82, 2.24) is 9.80 Å². The van der Waals surface area contributed by atoms with Crippen molar-refractivity contribution in [1.29, 1.82) is 0 Å². The lowest BCUT2D eigenvalue weighted by Crippen LogP contribution is -2.43. The summed E-state index contributed by atoms with van der Waals surface area (Å²) in [5.74, 6) is -0.911. The van der Waals surface area contributed by atoms with E-state index in [0.717, 1.165) is 11.3 Å². The molecule has 1 fully saturated rings. The van der Waals surface area contributed by atoms with Crippen LogP contribution in [0.25, 0.3) is 0 Å². The molecule has 0 spiro atoms. The molecule has 5 nitrogen and oxygen atoms in total. The molecule has 1 aromatic rings. The predicted octanol–water partition coefficient (Wildman–Crippen LogP) is 1.91. The topological polar surface area (TPSA) is 60.9 Å². The van der Waals surface area contributed by atoms with E-state index in [1.54, 1.807) is 22.9 Å². The van der Waals surface area contributed by atoms with Crippen molar-refractivity contribution >= 4 is 34.8 Å². The van der Waals surface area contributed by atoms with E-state index < -0.39 is 12.0 Å². The summed E-state index contributed by atoms with van der Waals surface area (Å²) in [5, 5.41) is 9.09. The highest BCUT2D eigenvalue weighted by Crippen LogP contribution is 2.23. The molecule has 7 heteroatoms. The van der Waals surface area contributed by atoms with Crippen LogP contribution in [0.3, 0.4) is 0 Å². The van der Waals surface area contributed by atoms with Gasteiger partial charge in [-0.25, -0.2) is 0 Å². The first-order chi connectivity index (χ1) is 9.47. The Bertz CT molecular complexity index is 506. The molecule has 1 amide bonds. The van der Waals surface area contributed by atoms with E-state index in [9.17, 15) is 9.59 Å². The van der Waals surface area contributed by atoms with Crippen molar-refractivity contribution in [2.45, 2.75) is 25.4 Å². The lowest BCUT2D eigenvalue weighted by atomic mass is 10.2. The first-order valence-corrected chi connectivity index (χ1v) is 7.62. The molecule has 1 aliphatic rings. The Morgan fingerprint density at radius 1 is 1.55 bits per heavy atom. The van der Waals surface area contributed by atoms with E-state index in [4.69, 9.17) is 16.7 Å². The Kier molecular flexibility index (Phi) is 5.01. The van der Waals surface area contributed by atoms with Crippen molar-refractivity contribution in [2.24, 2.45) is 0 Å². The van der Waals surface area contributed by atoms with Crippen molar-refractivity contribution in [3.63, 3.8) is 0 Å². The molecule has 0 aliphatic carbocycles. The summed E-state index contributed by atoms with van der Waals surface area (Å²) in [7, 11) is 1.72. The second-order valence-electron chi connectivity index (χ2n) is 4.92. The molecule has 2 heterocycles. The first kappa shape index (κ1) is 15.3. The molecule has 110 valence electrons. The number of carbonyl (C=O) groups excluding carboxylic acids is 1. The highest BCUT2D eigenvalue weighted by atomic mass is 35.5. The summed E-state index contributed by atoms with van der Waals surface area (Å²) < 4.78 is 0.700. The minimum Gasteiger partial charge on any atom is -0.480 e. The number of carboxylic acids is 1. The summed E-state index contributed by atoms with van der Waals surface area (Å²) in [6.07, 6.45) is 1.45. The fraction of sp³-hybridized carbons (Fsp3) is 0.538. The number of aliphatic carboxylic acids is 1. The molecule has 1 atom stereocenters. The van der Waals surface area contributed by atoms with Crippen molar-refractivity contribution in [3.05, 3.63) is 21.3 Å². The number of hydrogen-bond acceptors (Lipinski definition) is 4. The van der Waals surface area contributed by atoms with Gasteiger partial charge in [0.25, 0.3) is 0 Å². The van der Waals surface area contributed by atoms with Crippen LogP contribution in [-0.2, 0) is 16.1 Å². The Labute approximate surface area is 126 Å². The smallest absolute Gasteiger partial charge is 0.320 e. The van der Waals surface area contributed by atoms with Crippen LogP contribution in [0.1, 0.15) is 17.7 Å². The predicted molar refractivity (Wildman–Crippen MR) is 78.0 cm³/mol. The van der Waals surface area contributed by atoms with Gasteiger partial charge in [0.05, 0.1) is 17.4 Å². The fourth-order valence-electron chi connectivity index (χ4n) is 2.35. The van der Waals surface area contributed by atoms with Crippen molar-refractivity contribution < 1.29 is 14.7 Å². The molecule has 0 aromatic carbocycles. The molecule has 1 N–H and O–H groups in total. The molecular weight excluding hydrogens is 300 g/mol. The second kappa shape index (κ2) is 6.56. The van der Waals surface area contributed by atoms with Gasteiger partial charge in [-0.05, 0) is 31.5 Å². The summed E-state index contributed by atoms with van der Waals surface area (Å²) >= 11 is 7.30.